The van der Waals surface area contributed by atoms with E-state index in [-0.39, 0.29) is 11.4 Å². The van der Waals surface area contributed by atoms with Gasteiger partial charge in [0.05, 0.1) is 5.75 Å². The summed E-state index contributed by atoms with van der Waals surface area (Å²) in [6.45, 7) is 3.88. The standard InChI is InChI=1S/C11H16BrN3OS/c1-11(2,13)7-17-6-10(16)15-9-4-3-8(12)5-14-9/h3-5H,6-7,13H2,1-2H3,(H,14,15,16). The zero-order valence-electron chi connectivity index (χ0n) is 9.87. The number of aromatic nitrogens is 1. The number of anilines is 1. The van der Waals surface area contributed by atoms with Crippen molar-refractivity contribution in [3.05, 3.63) is 22.8 Å². The second-order valence-corrected chi connectivity index (χ2v) is 6.29. The van der Waals surface area contributed by atoms with Crippen molar-refractivity contribution in [2.24, 2.45) is 5.73 Å². The number of halogens is 1. The van der Waals surface area contributed by atoms with Crippen molar-refractivity contribution < 1.29 is 4.79 Å². The Hall–Kier alpha value is -0.590. The molecule has 0 unspecified atom stereocenters. The Morgan fingerprint density at radius 1 is 1.59 bits per heavy atom. The fourth-order valence-electron chi connectivity index (χ4n) is 1.04. The van der Waals surface area contributed by atoms with Crippen LogP contribution in [-0.2, 0) is 4.79 Å². The summed E-state index contributed by atoms with van der Waals surface area (Å²) in [7, 11) is 0. The monoisotopic (exact) mass is 317 g/mol. The van der Waals surface area contributed by atoms with Crippen LogP contribution in [0.4, 0.5) is 5.82 Å². The number of nitrogens with zero attached hydrogens (tertiary/aromatic N) is 1. The molecule has 94 valence electrons. The zero-order chi connectivity index (χ0) is 12.9. The van der Waals surface area contributed by atoms with Gasteiger partial charge in [0.25, 0.3) is 0 Å². The highest BCUT2D eigenvalue weighted by Gasteiger charge is 2.12. The molecule has 0 aliphatic rings. The molecule has 17 heavy (non-hydrogen) atoms. The van der Waals surface area contributed by atoms with Crippen LogP contribution in [-0.4, -0.2) is 27.9 Å². The van der Waals surface area contributed by atoms with E-state index in [4.69, 9.17) is 5.73 Å². The molecule has 3 N–H and O–H groups in total. The van der Waals surface area contributed by atoms with Gasteiger partial charge in [0.15, 0.2) is 0 Å². The minimum atomic E-state index is -0.249. The summed E-state index contributed by atoms with van der Waals surface area (Å²) in [5.41, 5.74) is 5.57. The van der Waals surface area contributed by atoms with Gasteiger partial charge in [-0.1, -0.05) is 0 Å². The highest BCUT2D eigenvalue weighted by Crippen LogP contribution is 2.12. The number of nitrogens with one attached hydrogen (secondary N) is 1. The first kappa shape index (κ1) is 14.5. The summed E-state index contributed by atoms with van der Waals surface area (Å²) in [6, 6.07) is 3.58. The van der Waals surface area contributed by atoms with Crippen molar-refractivity contribution in [1.82, 2.24) is 4.98 Å². The molecule has 0 saturated carbocycles. The van der Waals surface area contributed by atoms with Crippen LogP contribution in [0.15, 0.2) is 22.8 Å². The number of rotatable bonds is 5. The Bertz CT molecular complexity index is 375. The second kappa shape index (κ2) is 6.37. The van der Waals surface area contributed by atoms with Crippen LogP contribution in [0.25, 0.3) is 0 Å². The van der Waals surface area contributed by atoms with Gasteiger partial charge in [0, 0.05) is 22.0 Å². The predicted molar refractivity (Wildman–Crippen MR) is 76.2 cm³/mol. The molecule has 0 fully saturated rings. The molecule has 1 rings (SSSR count). The molecule has 0 bridgehead atoms. The van der Waals surface area contributed by atoms with E-state index in [1.54, 1.807) is 12.3 Å². The van der Waals surface area contributed by atoms with Crippen LogP contribution in [0.2, 0.25) is 0 Å². The van der Waals surface area contributed by atoms with Gasteiger partial charge in [-0.25, -0.2) is 4.98 Å². The van der Waals surface area contributed by atoms with E-state index in [2.05, 4.69) is 26.2 Å². The molecule has 0 radical (unpaired) electrons. The molecule has 0 aliphatic carbocycles. The lowest BCUT2D eigenvalue weighted by Crippen LogP contribution is -2.35. The van der Waals surface area contributed by atoms with E-state index < -0.39 is 0 Å². The number of carbonyl (C=O) groups excluding carboxylic acids is 1. The maximum Gasteiger partial charge on any atom is 0.235 e. The van der Waals surface area contributed by atoms with E-state index in [0.29, 0.717) is 11.6 Å². The lowest BCUT2D eigenvalue weighted by molar-refractivity contribution is -0.113. The van der Waals surface area contributed by atoms with Crippen LogP contribution in [0.5, 0.6) is 0 Å². The summed E-state index contributed by atoms with van der Waals surface area (Å²) in [5, 5.41) is 2.72. The number of hydrogen-bond acceptors (Lipinski definition) is 4. The van der Waals surface area contributed by atoms with Crippen LogP contribution in [0.1, 0.15) is 13.8 Å². The smallest absolute Gasteiger partial charge is 0.235 e. The van der Waals surface area contributed by atoms with Gasteiger partial charge in [-0.3, -0.25) is 4.79 Å². The summed E-state index contributed by atoms with van der Waals surface area (Å²) < 4.78 is 0.884. The maximum atomic E-state index is 11.6. The first-order valence-corrected chi connectivity index (χ1v) is 7.10. The largest absolute Gasteiger partial charge is 0.325 e. The summed E-state index contributed by atoms with van der Waals surface area (Å²) >= 11 is 4.80. The molecule has 1 aromatic rings. The minimum absolute atomic E-state index is 0.0610. The topological polar surface area (TPSA) is 68.0 Å². The molecule has 0 aliphatic heterocycles. The first-order valence-electron chi connectivity index (χ1n) is 5.15. The van der Waals surface area contributed by atoms with E-state index in [1.165, 1.54) is 11.8 Å². The van der Waals surface area contributed by atoms with Gasteiger partial charge in [-0.15, -0.1) is 0 Å². The first-order chi connectivity index (χ1) is 7.87. The van der Waals surface area contributed by atoms with Gasteiger partial charge >= 0.3 is 0 Å². The van der Waals surface area contributed by atoms with Crippen LogP contribution >= 0.6 is 27.7 Å². The molecule has 4 nitrogen and oxygen atoms in total. The summed E-state index contributed by atoms with van der Waals surface area (Å²) in [6.07, 6.45) is 1.64. The predicted octanol–water partition coefficient (Wildman–Crippen LogP) is 2.25. The molecule has 6 heteroatoms. The van der Waals surface area contributed by atoms with Crippen molar-refractivity contribution in [1.29, 1.82) is 0 Å². The summed E-state index contributed by atoms with van der Waals surface area (Å²) in [4.78, 5) is 15.6. The van der Waals surface area contributed by atoms with Gasteiger partial charge < -0.3 is 11.1 Å². The zero-order valence-corrected chi connectivity index (χ0v) is 12.3. The third-order valence-corrected chi connectivity index (χ3v) is 3.59. The lowest BCUT2D eigenvalue weighted by atomic mass is 10.1. The molecule has 1 heterocycles. The lowest BCUT2D eigenvalue weighted by Gasteiger charge is -2.17. The number of carbonyl (C=O) groups is 1. The minimum Gasteiger partial charge on any atom is -0.325 e. The summed E-state index contributed by atoms with van der Waals surface area (Å²) in [5.74, 6) is 1.63. The highest BCUT2D eigenvalue weighted by atomic mass is 79.9. The second-order valence-electron chi connectivity index (χ2n) is 4.39. The van der Waals surface area contributed by atoms with E-state index >= 15 is 0 Å². The average Bonchev–Trinajstić information content (AvgIpc) is 2.19. The molecule has 1 amide bonds. The van der Waals surface area contributed by atoms with Crippen molar-refractivity contribution >= 4 is 39.4 Å². The maximum absolute atomic E-state index is 11.6. The number of amides is 1. The van der Waals surface area contributed by atoms with Gasteiger partial charge in [0.1, 0.15) is 5.82 Å². The fraction of sp³-hybridized carbons (Fsp3) is 0.455. The average molecular weight is 318 g/mol. The number of pyridine rings is 1. The Balaban J connectivity index is 2.32. The van der Waals surface area contributed by atoms with E-state index in [9.17, 15) is 4.79 Å². The molecule has 0 atom stereocenters. The SMILES string of the molecule is CC(C)(N)CSCC(=O)Nc1ccc(Br)cn1. The third kappa shape index (κ3) is 6.65. The molecule has 0 spiro atoms. The number of nitrogens with two attached hydrogens (primary N) is 1. The number of thioether (sulfide) groups is 1. The number of hydrogen-bond donors (Lipinski definition) is 2. The van der Waals surface area contributed by atoms with Gasteiger partial charge in [0.2, 0.25) is 5.91 Å². The van der Waals surface area contributed by atoms with Gasteiger partial charge in [-0.2, -0.15) is 11.8 Å². The Morgan fingerprint density at radius 2 is 2.29 bits per heavy atom. The molecular formula is C11H16BrN3OS. The van der Waals surface area contributed by atoms with Crippen LogP contribution in [0.3, 0.4) is 0 Å². The van der Waals surface area contributed by atoms with Crippen molar-refractivity contribution in [3.63, 3.8) is 0 Å². The van der Waals surface area contributed by atoms with Crippen LogP contribution < -0.4 is 11.1 Å². The van der Waals surface area contributed by atoms with Crippen molar-refractivity contribution in [3.8, 4) is 0 Å². The Kier molecular flexibility index (Phi) is 5.42. The van der Waals surface area contributed by atoms with Gasteiger partial charge in [-0.05, 0) is 41.9 Å². The van der Waals surface area contributed by atoms with Crippen molar-refractivity contribution in [2.45, 2.75) is 19.4 Å². The van der Waals surface area contributed by atoms with E-state index in [1.807, 2.05) is 19.9 Å². The van der Waals surface area contributed by atoms with Crippen LogP contribution in [0, 0.1) is 0 Å². The molecule has 0 saturated heterocycles. The highest BCUT2D eigenvalue weighted by molar-refractivity contribution is 9.10. The molecule has 1 aromatic heterocycles. The van der Waals surface area contributed by atoms with E-state index in [0.717, 1.165) is 10.2 Å². The Labute approximate surface area is 114 Å². The quantitative estimate of drug-likeness (QED) is 0.874. The fourth-order valence-corrected chi connectivity index (χ4v) is 2.16. The Morgan fingerprint density at radius 3 is 2.82 bits per heavy atom. The normalized spacial score (nSPS) is 11.3. The molecule has 0 aromatic carbocycles. The third-order valence-electron chi connectivity index (χ3n) is 1.70. The van der Waals surface area contributed by atoms with Crippen molar-refractivity contribution in [2.75, 3.05) is 16.8 Å². The molecular weight excluding hydrogens is 302 g/mol.